The lowest BCUT2D eigenvalue weighted by atomic mass is 9.96. The number of aryl methyl sites for hydroxylation is 1. The number of benzene rings is 2. The molecule has 4 rings (SSSR count). The predicted octanol–water partition coefficient (Wildman–Crippen LogP) is 5.48. The molecular weight excluding hydrogens is 501 g/mol. The van der Waals surface area contributed by atoms with E-state index in [1.807, 2.05) is 24.0 Å². The molecule has 11 heteroatoms. The van der Waals surface area contributed by atoms with E-state index in [1.165, 1.54) is 23.5 Å². The van der Waals surface area contributed by atoms with Gasteiger partial charge in [0.15, 0.2) is 0 Å². The first kappa shape index (κ1) is 25.1. The molecule has 1 N–H and O–H groups in total. The third-order valence-electron chi connectivity index (χ3n) is 5.90. The van der Waals surface area contributed by atoms with Gasteiger partial charge in [0.1, 0.15) is 6.04 Å². The second-order valence-electron chi connectivity index (χ2n) is 8.34. The van der Waals surface area contributed by atoms with Gasteiger partial charge in [0, 0.05) is 24.5 Å². The Balaban J connectivity index is 1.65. The number of carbonyl (C=O) groups is 1. The van der Waals surface area contributed by atoms with Crippen LogP contribution in [0.4, 0.5) is 13.2 Å². The van der Waals surface area contributed by atoms with Gasteiger partial charge in [-0.1, -0.05) is 42.0 Å². The summed E-state index contributed by atoms with van der Waals surface area (Å²) in [4.78, 5) is 15.4. The molecule has 0 radical (unpaired) electrons. The monoisotopic (exact) mass is 522 g/mol. The molecule has 0 amide bonds. The highest BCUT2D eigenvalue weighted by atomic mass is 32.2. The van der Waals surface area contributed by atoms with Crippen LogP contribution in [0, 0.1) is 6.92 Å². The first-order valence-electron chi connectivity index (χ1n) is 10.7. The third kappa shape index (κ3) is 5.63. The van der Waals surface area contributed by atoms with E-state index >= 15 is 0 Å². The Morgan fingerprint density at radius 1 is 1.14 bits per heavy atom. The van der Waals surface area contributed by atoms with Gasteiger partial charge in [-0.05, 0) is 42.2 Å². The molecule has 2 aromatic carbocycles. The van der Waals surface area contributed by atoms with Crippen molar-refractivity contribution in [2.75, 3.05) is 6.54 Å². The number of alkyl halides is 3. The minimum atomic E-state index is -4.40. The van der Waals surface area contributed by atoms with Crippen LogP contribution < -0.4 is 0 Å². The highest BCUT2D eigenvalue weighted by Crippen LogP contribution is 2.41. The number of carboxylic acids is 1. The van der Waals surface area contributed by atoms with Crippen molar-refractivity contribution >= 4 is 27.8 Å². The second-order valence-corrected chi connectivity index (χ2v) is 10.1. The summed E-state index contributed by atoms with van der Waals surface area (Å²) in [5.74, 6) is -1.14. The molecule has 0 saturated carbocycles. The number of thiophene rings is 1. The molecule has 6 nitrogen and oxygen atoms in total. The van der Waals surface area contributed by atoms with E-state index < -0.39 is 34.3 Å². The van der Waals surface area contributed by atoms with E-state index in [0.29, 0.717) is 47.6 Å². The summed E-state index contributed by atoms with van der Waals surface area (Å²) in [6, 6.07) is 11.1. The summed E-state index contributed by atoms with van der Waals surface area (Å²) >= 11 is 1.22. The maximum Gasteiger partial charge on any atom is 0.416 e. The van der Waals surface area contributed by atoms with Crippen molar-refractivity contribution < 1.29 is 31.5 Å². The minimum absolute atomic E-state index is 0.0824. The van der Waals surface area contributed by atoms with Crippen LogP contribution in [0.5, 0.6) is 0 Å². The lowest BCUT2D eigenvalue weighted by Gasteiger charge is -2.27. The van der Waals surface area contributed by atoms with E-state index in [9.17, 15) is 31.5 Å². The van der Waals surface area contributed by atoms with E-state index in [-0.39, 0.29) is 5.56 Å². The van der Waals surface area contributed by atoms with Crippen LogP contribution in [0.25, 0.3) is 0 Å². The number of fused-ring (bicyclic) bond motifs is 1. The van der Waals surface area contributed by atoms with Crippen molar-refractivity contribution in [3.05, 3.63) is 91.7 Å². The van der Waals surface area contributed by atoms with Gasteiger partial charge in [-0.15, -0.1) is 11.3 Å². The fourth-order valence-corrected chi connectivity index (χ4v) is 6.11. The van der Waals surface area contributed by atoms with Gasteiger partial charge in [0.25, 0.3) is 0 Å². The smallest absolute Gasteiger partial charge is 0.416 e. The zero-order valence-electron chi connectivity index (χ0n) is 18.5. The van der Waals surface area contributed by atoms with Crippen LogP contribution in [0.1, 0.15) is 54.0 Å². The predicted molar refractivity (Wildman–Crippen MR) is 125 cm³/mol. The highest BCUT2D eigenvalue weighted by molar-refractivity contribution is 7.61. The van der Waals surface area contributed by atoms with Gasteiger partial charge in [-0.3, -0.25) is 4.90 Å². The largest absolute Gasteiger partial charge is 0.478 e. The maximum atomic E-state index is 12.8. The topological polar surface area (TPSA) is 87.0 Å². The van der Waals surface area contributed by atoms with Gasteiger partial charge in [0.05, 0.1) is 16.0 Å². The normalized spacial score (nSPS) is 14.9. The molecule has 0 spiro atoms. The summed E-state index contributed by atoms with van der Waals surface area (Å²) in [5.41, 5.74) is 2.29. The first-order valence-corrected chi connectivity index (χ1v) is 12.5. The summed E-state index contributed by atoms with van der Waals surface area (Å²) in [5, 5.41) is 9.98. The lowest BCUT2D eigenvalue weighted by molar-refractivity contribution is -0.137. The number of nitrogens with zero attached hydrogens (tertiary/aromatic N) is 2. The zero-order valence-corrected chi connectivity index (χ0v) is 20.2. The molecule has 2 heterocycles. The van der Waals surface area contributed by atoms with Crippen molar-refractivity contribution in [1.82, 2.24) is 4.90 Å². The van der Waals surface area contributed by atoms with E-state index in [4.69, 9.17) is 0 Å². The third-order valence-corrected chi connectivity index (χ3v) is 7.55. The molecule has 3 aromatic rings. The Kier molecular flexibility index (Phi) is 7.11. The zero-order chi connectivity index (χ0) is 25.3. The fourth-order valence-electron chi connectivity index (χ4n) is 4.19. The number of aromatic carboxylic acids is 1. The summed E-state index contributed by atoms with van der Waals surface area (Å²) in [6.07, 6.45) is -3.97. The number of hydrogen-bond acceptors (Lipinski definition) is 6. The van der Waals surface area contributed by atoms with Gasteiger partial charge >= 0.3 is 22.6 Å². The molecular formula is C24H21F3N2O4S2. The van der Waals surface area contributed by atoms with Crippen LogP contribution in [0.15, 0.2) is 52.9 Å². The molecule has 0 bridgehead atoms. The summed E-state index contributed by atoms with van der Waals surface area (Å²) in [6.45, 7) is 3.22. The van der Waals surface area contributed by atoms with Gasteiger partial charge < -0.3 is 5.11 Å². The van der Waals surface area contributed by atoms with E-state index in [1.54, 1.807) is 12.1 Å². The Morgan fingerprint density at radius 3 is 2.37 bits per heavy atom. The fraction of sp³-hybridized carbons (Fsp3) is 0.292. The Morgan fingerprint density at radius 2 is 1.80 bits per heavy atom. The Hall–Kier alpha value is -3.02. The molecule has 184 valence electrons. The van der Waals surface area contributed by atoms with Crippen molar-refractivity contribution in [3.63, 3.8) is 0 Å². The Labute approximate surface area is 205 Å². The van der Waals surface area contributed by atoms with E-state index in [0.717, 1.165) is 22.6 Å². The van der Waals surface area contributed by atoms with Gasteiger partial charge in [0.2, 0.25) is 0 Å². The maximum absolute atomic E-state index is 12.8. The summed E-state index contributed by atoms with van der Waals surface area (Å²) < 4.78 is 65.3. The molecule has 35 heavy (non-hydrogen) atoms. The highest BCUT2D eigenvalue weighted by Gasteiger charge is 2.33. The molecule has 1 aliphatic heterocycles. The van der Waals surface area contributed by atoms with Crippen molar-refractivity contribution in [2.24, 2.45) is 4.36 Å². The second kappa shape index (κ2) is 9.92. The number of rotatable bonds is 6. The molecule has 1 aromatic heterocycles. The van der Waals surface area contributed by atoms with Crippen molar-refractivity contribution in [3.8, 4) is 0 Å². The molecule has 1 unspecified atom stereocenters. The van der Waals surface area contributed by atoms with Crippen LogP contribution in [-0.4, -0.2) is 30.9 Å². The van der Waals surface area contributed by atoms with Crippen molar-refractivity contribution in [2.45, 2.75) is 38.7 Å². The van der Waals surface area contributed by atoms with E-state index in [2.05, 4.69) is 4.36 Å². The SMILES string of the molecule is Cc1ccc(C(N=S(=O)=O)c2sc3c(c2C(=O)O)CCN(Cc2ccc(C(F)(F)F)cc2)C3)cc1. The molecule has 0 saturated heterocycles. The Bertz CT molecular complexity index is 1370. The lowest BCUT2D eigenvalue weighted by Crippen LogP contribution is -2.29. The number of hydrogen-bond donors (Lipinski definition) is 1. The van der Waals surface area contributed by atoms with Crippen LogP contribution in [0.2, 0.25) is 0 Å². The number of carboxylic acid groups (broad SMARTS) is 1. The average molecular weight is 523 g/mol. The van der Waals surface area contributed by atoms with Gasteiger partial charge in [-0.25, -0.2) is 4.79 Å². The quantitative estimate of drug-likeness (QED) is 0.463. The summed E-state index contributed by atoms with van der Waals surface area (Å²) in [7, 11) is -2.75. The standard InChI is InChI=1S/C24H21F3N2O4S2/c1-14-2-6-16(7-3-14)21(28-35(32)33)22-20(23(30)31)18-10-11-29(13-19(18)34-22)12-15-4-8-17(9-5-15)24(25,26)27/h2-9,21H,10-13H2,1H3,(H,30,31). The number of halogens is 3. The first-order chi connectivity index (χ1) is 16.5. The molecule has 0 fully saturated rings. The van der Waals surface area contributed by atoms with Crippen LogP contribution in [-0.2, 0) is 36.2 Å². The molecule has 1 atom stereocenters. The molecule has 0 aliphatic carbocycles. The van der Waals surface area contributed by atoms with Crippen molar-refractivity contribution in [1.29, 1.82) is 0 Å². The molecule has 1 aliphatic rings. The van der Waals surface area contributed by atoms with Gasteiger partial charge in [-0.2, -0.15) is 26.0 Å². The van der Waals surface area contributed by atoms with Crippen LogP contribution >= 0.6 is 11.3 Å². The average Bonchev–Trinajstić information content (AvgIpc) is 3.16. The minimum Gasteiger partial charge on any atom is -0.478 e. The van der Waals surface area contributed by atoms with Crippen LogP contribution in [0.3, 0.4) is 0 Å².